The Hall–Kier alpha value is -1.35. The van der Waals surface area contributed by atoms with Gasteiger partial charge >= 0.3 is 0 Å². The number of rotatable bonds is 1. The molecule has 56 valence electrons. The molecule has 0 aromatic carbocycles. The van der Waals surface area contributed by atoms with E-state index in [4.69, 9.17) is 0 Å². The van der Waals surface area contributed by atoms with Gasteiger partial charge in [0.05, 0.1) is 0 Å². The first kappa shape index (κ1) is 6.37. The zero-order chi connectivity index (χ0) is 7.68. The van der Waals surface area contributed by atoms with E-state index in [0.717, 1.165) is 17.9 Å². The van der Waals surface area contributed by atoms with Crippen LogP contribution in [0.15, 0.2) is 30.6 Å². The summed E-state index contributed by atoms with van der Waals surface area (Å²) in [6.07, 6.45) is 3.99. The maximum atomic E-state index is 4.33. The van der Waals surface area contributed by atoms with Gasteiger partial charge in [0.1, 0.15) is 17.9 Å². The zero-order valence-corrected chi connectivity index (χ0v) is 6.20. The van der Waals surface area contributed by atoms with E-state index in [0.29, 0.717) is 0 Å². The van der Waals surface area contributed by atoms with Crippen molar-refractivity contribution in [2.45, 2.75) is 6.54 Å². The highest BCUT2D eigenvalue weighted by molar-refractivity contribution is 5.39. The molecular weight excluding hydrogens is 138 g/mol. The molecule has 0 radical (unpaired) electrons. The van der Waals surface area contributed by atoms with Gasteiger partial charge in [-0.15, -0.1) is 0 Å². The molecule has 0 saturated carbocycles. The highest BCUT2D eigenvalue weighted by Crippen LogP contribution is 2.02. The molecule has 0 aliphatic carbocycles. The molecule has 0 bridgehead atoms. The molecule has 3 heteroatoms. The predicted octanol–water partition coefficient (Wildman–Crippen LogP) is 0.0762. The number of pyridine rings is 1. The number of aromatic nitrogens is 2. The second-order valence-corrected chi connectivity index (χ2v) is 2.45. The molecule has 0 aliphatic heterocycles. The Labute approximate surface area is 64.5 Å². The highest BCUT2D eigenvalue weighted by atomic mass is 15.0. The highest BCUT2D eigenvalue weighted by Gasteiger charge is 1.97. The largest absolute Gasteiger partial charge is 0.352 e. The minimum absolute atomic E-state index is 0.752. The van der Waals surface area contributed by atoms with Crippen molar-refractivity contribution in [2.24, 2.45) is 0 Å². The summed E-state index contributed by atoms with van der Waals surface area (Å²) in [5, 5.41) is 0. The lowest BCUT2D eigenvalue weighted by Crippen LogP contribution is -2.47. The van der Waals surface area contributed by atoms with Gasteiger partial charge in [-0.2, -0.15) is 0 Å². The van der Waals surface area contributed by atoms with Gasteiger partial charge in [0, 0.05) is 12.4 Å². The van der Waals surface area contributed by atoms with E-state index in [2.05, 4.69) is 10.7 Å². The van der Waals surface area contributed by atoms with Gasteiger partial charge in [0.25, 0.3) is 0 Å². The van der Waals surface area contributed by atoms with Crippen molar-refractivity contribution in [2.75, 3.05) is 0 Å². The summed E-state index contributed by atoms with van der Waals surface area (Å²) in [5.74, 6) is 0. The monoisotopic (exact) mass is 148 g/mol. The number of nitrogens with zero attached hydrogens (tertiary/aromatic N) is 2. The lowest BCUT2D eigenvalue weighted by Gasteiger charge is -1.86. The molecule has 0 atom stereocenters. The van der Waals surface area contributed by atoms with E-state index < -0.39 is 0 Å². The van der Waals surface area contributed by atoms with Crippen LogP contribution in [0.5, 0.6) is 0 Å². The normalized spacial score (nSPS) is 10.6. The second-order valence-electron chi connectivity index (χ2n) is 2.45. The van der Waals surface area contributed by atoms with Crippen molar-refractivity contribution < 1.29 is 5.73 Å². The van der Waals surface area contributed by atoms with Crippen LogP contribution in [0.4, 0.5) is 0 Å². The Morgan fingerprint density at radius 3 is 3.09 bits per heavy atom. The molecule has 2 aromatic heterocycles. The number of hydrogen-bond donors (Lipinski definition) is 1. The standard InChI is InChI=1S/C8H9N3/c9-5-7-6-11-4-2-1-3-8(11)10-7/h1-4,6H,5,9H2/p+1. The number of hydrogen-bond acceptors (Lipinski definition) is 1. The quantitative estimate of drug-likeness (QED) is 0.611. The summed E-state index contributed by atoms with van der Waals surface area (Å²) in [4.78, 5) is 4.33. The summed E-state index contributed by atoms with van der Waals surface area (Å²) in [6.45, 7) is 0.752. The SMILES string of the molecule is [NH3+]Cc1cn2ccccc2n1. The molecule has 0 amide bonds. The van der Waals surface area contributed by atoms with Gasteiger partial charge in [0.2, 0.25) is 0 Å². The fourth-order valence-electron chi connectivity index (χ4n) is 1.11. The van der Waals surface area contributed by atoms with E-state index in [1.54, 1.807) is 0 Å². The molecule has 0 saturated heterocycles. The Morgan fingerprint density at radius 2 is 2.36 bits per heavy atom. The first-order valence-electron chi connectivity index (χ1n) is 3.62. The molecule has 3 N–H and O–H groups in total. The average Bonchev–Trinajstić information content (AvgIpc) is 2.46. The van der Waals surface area contributed by atoms with E-state index in [-0.39, 0.29) is 0 Å². The van der Waals surface area contributed by atoms with E-state index in [1.807, 2.05) is 35.0 Å². The van der Waals surface area contributed by atoms with Crippen molar-refractivity contribution in [3.05, 3.63) is 36.3 Å². The lowest BCUT2D eigenvalue weighted by molar-refractivity contribution is -0.387. The average molecular weight is 148 g/mol. The minimum Gasteiger partial charge on any atom is -0.352 e. The summed E-state index contributed by atoms with van der Waals surface area (Å²) < 4.78 is 2.00. The Morgan fingerprint density at radius 1 is 1.45 bits per heavy atom. The van der Waals surface area contributed by atoms with Crippen LogP contribution in [0.25, 0.3) is 5.65 Å². The number of imidazole rings is 1. The Balaban J connectivity index is 2.69. The molecule has 11 heavy (non-hydrogen) atoms. The van der Waals surface area contributed by atoms with Crippen LogP contribution in [0.3, 0.4) is 0 Å². The fraction of sp³-hybridized carbons (Fsp3) is 0.125. The van der Waals surface area contributed by atoms with Crippen LogP contribution < -0.4 is 5.73 Å². The maximum absolute atomic E-state index is 4.33. The first-order valence-corrected chi connectivity index (χ1v) is 3.62. The van der Waals surface area contributed by atoms with Gasteiger partial charge in [0.15, 0.2) is 0 Å². The molecule has 0 aliphatic rings. The molecule has 0 spiro atoms. The lowest BCUT2D eigenvalue weighted by atomic mass is 10.5. The molecule has 2 rings (SSSR count). The fourth-order valence-corrected chi connectivity index (χ4v) is 1.11. The van der Waals surface area contributed by atoms with Crippen LogP contribution in [-0.4, -0.2) is 9.38 Å². The van der Waals surface area contributed by atoms with Crippen molar-refractivity contribution in [1.29, 1.82) is 0 Å². The van der Waals surface area contributed by atoms with E-state index in [1.165, 1.54) is 0 Å². The summed E-state index contributed by atoms with van der Waals surface area (Å²) in [5.41, 5.74) is 5.81. The molecule has 0 fully saturated rings. The van der Waals surface area contributed by atoms with E-state index >= 15 is 0 Å². The molecule has 2 aromatic rings. The van der Waals surface area contributed by atoms with Gasteiger partial charge in [-0.3, -0.25) is 0 Å². The zero-order valence-electron chi connectivity index (χ0n) is 6.20. The Bertz CT molecular complexity index is 331. The Kier molecular flexibility index (Phi) is 1.36. The van der Waals surface area contributed by atoms with Crippen LogP contribution in [0.2, 0.25) is 0 Å². The third-order valence-corrected chi connectivity index (χ3v) is 1.67. The summed E-state index contributed by atoms with van der Waals surface area (Å²) >= 11 is 0. The first-order chi connectivity index (χ1) is 5.40. The molecule has 0 unspecified atom stereocenters. The third-order valence-electron chi connectivity index (χ3n) is 1.67. The van der Waals surface area contributed by atoms with Gasteiger partial charge in [-0.1, -0.05) is 6.07 Å². The van der Waals surface area contributed by atoms with Crippen molar-refractivity contribution in [3.63, 3.8) is 0 Å². The predicted molar refractivity (Wildman–Crippen MR) is 41.8 cm³/mol. The second kappa shape index (κ2) is 2.36. The molecular formula is C8H10N3+. The van der Waals surface area contributed by atoms with Crippen molar-refractivity contribution in [1.82, 2.24) is 9.38 Å². The summed E-state index contributed by atoms with van der Waals surface area (Å²) in [6, 6.07) is 5.95. The topological polar surface area (TPSA) is 44.9 Å². The smallest absolute Gasteiger partial charge is 0.137 e. The number of fused-ring (bicyclic) bond motifs is 1. The van der Waals surface area contributed by atoms with Gasteiger partial charge < -0.3 is 10.1 Å². The third kappa shape index (κ3) is 0.991. The van der Waals surface area contributed by atoms with Gasteiger partial charge in [-0.25, -0.2) is 4.98 Å². The number of quaternary nitrogens is 1. The van der Waals surface area contributed by atoms with Crippen LogP contribution in [0.1, 0.15) is 5.69 Å². The van der Waals surface area contributed by atoms with Crippen LogP contribution in [-0.2, 0) is 6.54 Å². The minimum atomic E-state index is 0.752. The molecule has 3 nitrogen and oxygen atoms in total. The van der Waals surface area contributed by atoms with Crippen LogP contribution >= 0.6 is 0 Å². The maximum Gasteiger partial charge on any atom is 0.137 e. The van der Waals surface area contributed by atoms with Crippen molar-refractivity contribution >= 4 is 5.65 Å². The van der Waals surface area contributed by atoms with Crippen molar-refractivity contribution in [3.8, 4) is 0 Å². The van der Waals surface area contributed by atoms with E-state index in [9.17, 15) is 0 Å². The molecule has 2 heterocycles. The van der Waals surface area contributed by atoms with Gasteiger partial charge in [-0.05, 0) is 12.1 Å². The van der Waals surface area contributed by atoms with Crippen LogP contribution in [0, 0.1) is 0 Å². The summed E-state index contributed by atoms with van der Waals surface area (Å²) in [7, 11) is 0.